The van der Waals surface area contributed by atoms with Crippen molar-refractivity contribution >= 4 is 33.1 Å². The lowest BCUT2D eigenvalue weighted by molar-refractivity contribution is -0.121. The minimum atomic E-state index is -0.191. The fourth-order valence-electron chi connectivity index (χ4n) is 3.94. The van der Waals surface area contributed by atoms with Gasteiger partial charge < -0.3 is 5.32 Å². The summed E-state index contributed by atoms with van der Waals surface area (Å²) in [6.45, 7) is 7.01. The van der Waals surface area contributed by atoms with Gasteiger partial charge in [0.05, 0.1) is 22.3 Å². The van der Waals surface area contributed by atoms with Crippen LogP contribution in [0, 0.1) is 13.8 Å². The lowest BCUT2D eigenvalue weighted by atomic mass is 10.1. The Bertz CT molecular complexity index is 927. The number of nitrogens with one attached hydrogen (secondary N) is 1. The molecule has 0 radical (unpaired) electrons. The first-order valence-corrected chi connectivity index (χ1v) is 10.3. The van der Waals surface area contributed by atoms with Crippen LogP contribution in [-0.2, 0) is 4.79 Å². The molecule has 0 bridgehead atoms. The van der Waals surface area contributed by atoms with Crippen LogP contribution in [-0.4, -0.2) is 28.4 Å². The van der Waals surface area contributed by atoms with Crippen LogP contribution in [0.4, 0.5) is 5.69 Å². The average Bonchev–Trinajstić information content (AvgIpc) is 3.30. The van der Waals surface area contributed by atoms with Crippen molar-refractivity contribution in [2.45, 2.75) is 45.7 Å². The molecule has 1 saturated heterocycles. The van der Waals surface area contributed by atoms with Gasteiger partial charge in [-0.1, -0.05) is 30.3 Å². The number of fused-ring (bicyclic) bond motifs is 1. The fraction of sp³-hybridized carbons (Fsp3) is 0.364. The molecule has 2 unspecified atom stereocenters. The largest absolute Gasteiger partial charge is 0.324 e. The number of rotatable bonds is 4. The standard InChI is InChI=1S/C22H25N3OS/c1-14-8-6-9-15(2)20(14)24-21(26)16(3)25-13-7-11-18(25)22-23-17-10-4-5-12-19(17)27-22/h4-6,8-10,12,16,18H,7,11,13H2,1-3H3,(H,24,26). The Hall–Kier alpha value is -2.24. The van der Waals surface area contributed by atoms with E-state index >= 15 is 0 Å². The van der Waals surface area contributed by atoms with Gasteiger partial charge in [-0.05, 0) is 63.4 Å². The molecule has 2 aromatic carbocycles. The summed E-state index contributed by atoms with van der Waals surface area (Å²) in [5, 5.41) is 4.28. The molecule has 4 nitrogen and oxygen atoms in total. The number of hydrogen-bond donors (Lipinski definition) is 1. The molecule has 1 amide bonds. The van der Waals surface area contributed by atoms with Crippen molar-refractivity contribution < 1.29 is 4.79 Å². The highest BCUT2D eigenvalue weighted by molar-refractivity contribution is 7.18. The quantitative estimate of drug-likeness (QED) is 0.688. The predicted molar refractivity (Wildman–Crippen MR) is 112 cm³/mol. The molecule has 2 heterocycles. The van der Waals surface area contributed by atoms with Crippen molar-refractivity contribution in [3.8, 4) is 0 Å². The number of carbonyl (C=O) groups is 1. The molecule has 0 spiro atoms. The number of anilines is 1. The number of aryl methyl sites for hydroxylation is 2. The number of amides is 1. The van der Waals surface area contributed by atoms with Crippen LogP contribution in [0.3, 0.4) is 0 Å². The molecule has 27 heavy (non-hydrogen) atoms. The third-order valence-electron chi connectivity index (χ3n) is 5.50. The van der Waals surface area contributed by atoms with Crippen molar-refractivity contribution in [3.63, 3.8) is 0 Å². The molecule has 2 atom stereocenters. The molecule has 5 heteroatoms. The number of likely N-dealkylation sites (tertiary alicyclic amines) is 1. The zero-order chi connectivity index (χ0) is 19.0. The Kier molecular flexibility index (Phi) is 4.98. The topological polar surface area (TPSA) is 45.2 Å². The molecule has 1 aliphatic rings. The highest BCUT2D eigenvalue weighted by Gasteiger charge is 2.35. The van der Waals surface area contributed by atoms with Crippen LogP contribution < -0.4 is 5.32 Å². The molecule has 1 N–H and O–H groups in total. The number of benzene rings is 2. The van der Waals surface area contributed by atoms with E-state index in [-0.39, 0.29) is 18.0 Å². The first-order chi connectivity index (χ1) is 13.0. The van der Waals surface area contributed by atoms with E-state index in [1.165, 1.54) is 4.70 Å². The third kappa shape index (κ3) is 3.49. The molecule has 1 fully saturated rings. The van der Waals surface area contributed by atoms with E-state index < -0.39 is 0 Å². The molecule has 4 rings (SSSR count). The second-order valence-corrected chi connectivity index (χ2v) is 8.41. The number of aromatic nitrogens is 1. The Morgan fingerprint density at radius 3 is 2.67 bits per heavy atom. The van der Waals surface area contributed by atoms with Gasteiger partial charge in [0, 0.05) is 5.69 Å². The number of nitrogens with zero attached hydrogens (tertiary/aromatic N) is 2. The molecule has 0 saturated carbocycles. The lowest BCUT2D eigenvalue weighted by Crippen LogP contribution is -2.41. The van der Waals surface area contributed by atoms with Crippen LogP contribution in [0.15, 0.2) is 42.5 Å². The van der Waals surface area contributed by atoms with Crippen molar-refractivity contribution in [3.05, 3.63) is 58.6 Å². The SMILES string of the molecule is Cc1cccc(C)c1NC(=O)C(C)N1CCCC1c1nc2ccccc2s1. The number of thiazole rings is 1. The van der Waals surface area contributed by atoms with E-state index in [0.717, 1.165) is 46.7 Å². The minimum Gasteiger partial charge on any atom is -0.324 e. The van der Waals surface area contributed by atoms with E-state index in [9.17, 15) is 4.79 Å². The summed E-state index contributed by atoms with van der Waals surface area (Å²) in [5.41, 5.74) is 4.18. The average molecular weight is 380 g/mol. The van der Waals surface area contributed by atoms with E-state index in [4.69, 9.17) is 4.98 Å². The van der Waals surface area contributed by atoms with Gasteiger partial charge in [-0.2, -0.15) is 0 Å². The maximum absolute atomic E-state index is 13.0. The van der Waals surface area contributed by atoms with Gasteiger partial charge in [-0.3, -0.25) is 9.69 Å². The van der Waals surface area contributed by atoms with Gasteiger partial charge in [0.1, 0.15) is 5.01 Å². The zero-order valence-electron chi connectivity index (χ0n) is 16.0. The molecule has 1 aromatic heterocycles. The fourth-order valence-corrected chi connectivity index (χ4v) is 5.06. The summed E-state index contributed by atoms with van der Waals surface area (Å²) in [5.74, 6) is 0.0559. The predicted octanol–water partition coefficient (Wildman–Crippen LogP) is 5.08. The minimum absolute atomic E-state index is 0.0559. The normalized spacial score (nSPS) is 18.7. The lowest BCUT2D eigenvalue weighted by Gasteiger charge is -2.29. The van der Waals surface area contributed by atoms with E-state index in [1.807, 2.05) is 45.0 Å². The summed E-state index contributed by atoms with van der Waals surface area (Å²) in [6.07, 6.45) is 2.16. The van der Waals surface area contributed by atoms with Gasteiger partial charge in [-0.15, -0.1) is 11.3 Å². The van der Waals surface area contributed by atoms with Crippen molar-refractivity contribution in [2.24, 2.45) is 0 Å². The summed E-state index contributed by atoms with van der Waals surface area (Å²) < 4.78 is 1.21. The van der Waals surface area contributed by atoms with Gasteiger partial charge in [0.15, 0.2) is 0 Å². The van der Waals surface area contributed by atoms with Crippen molar-refractivity contribution in [2.75, 3.05) is 11.9 Å². The van der Waals surface area contributed by atoms with Gasteiger partial charge in [0.2, 0.25) is 5.91 Å². The van der Waals surface area contributed by atoms with Crippen LogP contribution >= 0.6 is 11.3 Å². The first kappa shape index (κ1) is 18.1. The molecule has 0 aliphatic carbocycles. The van der Waals surface area contributed by atoms with Gasteiger partial charge >= 0.3 is 0 Å². The molecule has 140 valence electrons. The first-order valence-electron chi connectivity index (χ1n) is 9.53. The Morgan fingerprint density at radius 2 is 1.93 bits per heavy atom. The maximum Gasteiger partial charge on any atom is 0.241 e. The second-order valence-electron chi connectivity index (χ2n) is 7.35. The smallest absolute Gasteiger partial charge is 0.241 e. The maximum atomic E-state index is 13.0. The Morgan fingerprint density at radius 1 is 1.19 bits per heavy atom. The molecule has 3 aromatic rings. The highest BCUT2D eigenvalue weighted by Crippen LogP contribution is 2.37. The van der Waals surface area contributed by atoms with Crippen molar-refractivity contribution in [1.29, 1.82) is 0 Å². The summed E-state index contributed by atoms with van der Waals surface area (Å²) >= 11 is 1.75. The summed E-state index contributed by atoms with van der Waals surface area (Å²) in [6, 6.07) is 14.4. The summed E-state index contributed by atoms with van der Waals surface area (Å²) in [4.78, 5) is 20.1. The number of carbonyl (C=O) groups excluding carboxylic acids is 1. The molecular formula is C22H25N3OS. The zero-order valence-corrected chi connectivity index (χ0v) is 16.8. The van der Waals surface area contributed by atoms with E-state index in [1.54, 1.807) is 11.3 Å². The highest BCUT2D eigenvalue weighted by atomic mass is 32.1. The monoisotopic (exact) mass is 379 g/mol. The number of para-hydroxylation sites is 2. The summed E-state index contributed by atoms with van der Waals surface area (Å²) in [7, 11) is 0. The van der Waals surface area contributed by atoms with Crippen molar-refractivity contribution in [1.82, 2.24) is 9.88 Å². The van der Waals surface area contributed by atoms with Crippen LogP contribution in [0.1, 0.15) is 41.9 Å². The second kappa shape index (κ2) is 7.41. The van der Waals surface area contributed by atoms with E-state index in [2.05, 4.69) is 28.4 Å². The Labute approximate surface area is 164 Å². The molecular weight excluding hydrogens is 354 g/mol. The van der Waals surface area contributed by atoms with Crippen LogP contribution in [0.25, 0.3) is 10.2 Å². The van der Waals surface area contributed by atoms with E-state index in [0.29, 0.717) is 0 Å². The molecule has 1 aliphatic heterocycles. The van der Waals surface area contributed by atoms with Gasteiger partial charge in [-0.25, -0.2) is 4.98 Å². The Balaban J connectivity index is 1.55. The van der Waals surface area contributed by atoms with Crippen LogP contribution in [0.2, 0.25) is 0 Å². The number of hydrogen-bond acceptors (Lipinski definition) is 4. The third-order valence-corrected chi connectivity index (χ3v) is 6.63. The van der Waals surface area contributed by atoms with Crippen LogP contribution in [0.5, 0.6) is 0 Å². The van der Waals surface area contributed by atoms with Gasteiger partial charge in [0.25, 0.3) is 0 Å².